The molecule has 1 aliphatic heterocycles. The molecule has 1 aromatic carbocycles. The van der Waals surface area contributed by atoms with E-state index in [1.807, 2.05) is 6.07 Å². The lowest BCUT2D eigenvalue weighted by Gasteiger charge is -2.25. The van der Waals surface area contributed by atoms with Gasteiger partial charge in [-0.25, -0.2) is 8.42 Å². The number of hydrogen-bond acceptors (Lipinski definition) is 6. The number of pyridine rings is 1. The Kier molecular flexibility index (Phi) is 5.76. The minimum absolute atomic E-state index is 0.286. The first-order valence-electron chi connectivity index (χ1n) is 8.88. The molecule has 7 nitrogen and oxygen atoms in total. The highest BCUT2D eigenvalue weighted by molar-refractivity contribution is 7.90. The van der Waals surface area contributed by atoms with Gasteiger partial charge in [-0.2, -0.15) is 0 Å². The second-order valence-electron chi connectivity index (χ2n) is 6.85. The number of anilines is 1. The number of benzene rings is 1. The average molecular weight is 388 g/mol. The lowest BCUT2D eigenvalue weighted by Crippen LogP contribution is -2.35. The van der Waals surface area contributed by atoms with Crippen LogP contribution >= 0.6 is 0 Å². The predicted molar refractivity (Wildman–Crippen MR) is 105 cm³/mol. The predicted octanol–water partition coefficient (Wildman–Crippen LogP) is 1.34. The fourth-order valence-corrected chi connectivity index (χ4v) is 3.79. The summed E-state index contributed by atoms with van der Waals surface area (Å²) >= 11 is 0. The van der Waals surface area contributed by atoms with Crippen molar-refractivity contribution < 1.29 is 13.2 Å². The Labute approximate surface area is 159 Å². The van der Waals surface area contributed by atoms with Gasteiger partial charge < -0.3 is 16.4 Å². The summed E-state index contributed by atoms with van der Waals surface area (Å²) in [6, 6.07) is 8.88. The van der Waals surface area contributed by atoms with Crippen molar-refractivity contribution in [2.24, 2.45) is 5.73 Å². The van der Waals surface area contributed by atoms with E-state index >= 15 is 0 Å². The van der Waals surface area contributed by atoms with Gasteiger partial charge >= 0.3 is 0 Å². The highest BCUT2D eigenvalue weighted by atomic mass is 32.2. The first-order chi connectivity index (χ1) is 12.8. The summed E-state index contributed by atoms with van der Waals surface area (Å²) in [7, 11) is -3.21. The van der Waals surface area contributed by atoms with E-state index < -0.39 is 15.7 Å². The normalized spacial score (nSPS) is 15.4. The summed E-state index contributed by atoms with van der Waals surface area (Å²) in [6.07, 6.45) is 5.17. The molecule has 0 aliphatic carbocycles. The summed E-state index contributed by atoms with van der Waals surface area (Å²) in [6.45, 7) is 1.88. The van der Waals surface area contributed by atoms with Crippen LogP contribution < -0.4 is 16.4 Å². The van der Waals surface area contributed by atoms with Crippen LogP contribution in [0.15, 0.2) is 41.4 Å². The smallest absolute Gasteiger partial charge is 0.252 e. The minimum Gasteiger partial charge on any atom is -0.381 e. The Morgan fingerprint density at radius 3 is 2.52 bits per heavy atom. The van der Waals surface area contributed by atoms with Crippen LogP contribution in [0.25, 0.3) is 0 Å². The number of piperidine rings is 1. The van der Waals surface area contributed by atoms with Gasteiger partial charge in [-0.1, -0.05) is 12.1 Å². The molecule has 1 aromatic heterocycles. The van der Waals surface area contributed by atoms with Crippen molar-refractivity contribution in [3.8, 4) is 0 Å². The first kappa shape index (κ1) is 19.3. The van der Waals surface area contributed by atoms with Gasteiger partial charge in [0.25, 0.3) is 5.91 Å². The number of carbonyl (C=O) groups is 1. The van der Waals surface area contributed by atoms with Crippen molar-refractivity contribution in [2.75, 3.05) is 24.7 Å². The molecule has 4 N–H and O–H groups in total. The molecule has 8 heteroatoms. The largest absolute Gasteiger partial charge is 0.381 e. The van der Waals surface area contributed by atoms with Gasteiger partial charge in [0.2, 0.25) is 0 Å². The number of nitrogens with one attached hydrogen (secondary N) is 2. The van der Waals surface area contributed by atoms with E-state index in [1.54, 1.807) is 24.3 Å². The number of nitrogens with zero attached hydrogens (tertiary/aromatic N) is 1. The number of rotatable bonds is 6. The highest BCUT2D eigenvalue weighted by Crippen LogP contribution is 2.21. The van der Waals surface area contributed by atoms with Crippen LogP contribution in [0.2, 0.25) is 0 Å². The van der Waals surface area contributed by atoms with Crippen LogP contribution in [0.3, 0.4) is 0 Å². The molecule has 0 atom stereocenters. The van der Waals surface area contributed by atoms with E-state index in [2.05, 4.69) is 15.6 Å². The van der Waals surface area contributed by atoms with Gasteiger partial charge in [-0.3, -0.25) is 9.78 Å². The van der Waals surface area contributed by atoms with Crippen molar-refractivity contribution in [1.82, 2.24) is 10.3 Å². The Bertz CT molecular complexity index is 920. The van der Waals surface area contributed by atoms with Gasteiger partial charge in [0, 0.05) is 30.6 Å². The molecular weight excluding hydrogens is 364 g/mol. The van der Waals surface area contributed by atoms with Crippen molar-refractivity contribution in [1.29, 1.82) is 0 Å². The van der Waals surface area contributed by atoms with Gasteiger partial charge in [-0.05, 0) is 49.7 Å². The molecular formula is C19H24N4O3S. The SMILES string of the molecule is CS(=O)(=O)c1ccc(Cc2cc(NC3CCNCC3)c(C(N)=O)cn2)cc1. The Balaban J connectivity index is 1.81. The fourth-order valence-electron chi connectivity index (χ4n) is 3.16. The third-order valence-electron chi connectivity index (χ3n) is 4.66. The maximum Gasteiger partial charge on any atom is 0.252 e. The zero-order chi connectivity index (χ0) is 19.4. The van der Waals surface area contributed by atoms with Crippen molar-refractivity contribution >= 4 is 21.4 Å². The van der Waals surface area contributed by atoms with Gasteiger partial charge in [0.05, 0.1) is 16.1 Å². The number of amides is 1. The average Bonchev–Trinajstić information content (AvgIpc) is 2.62. The van der Waals surface area contributed by atoms with Crippen LogP contribution in [-0.4, -0.2) is 44.7 Å². The molecule has 27 heavy (non-hydrogen) atoms. The lowest BCUT2D eigenvalue weighted by atomic mass is 10.0. The summed E-state index contributed by atoms with van der Waals surface area (Å²) in [5.41, 5.74) is 8.29. The minimum atomic E-state index is -3.21. The number of aromatic nitrogens is 1. The molecule has 1 fully saturated rings. The van der Waals surface area contributed by atoms with Crippen LogP contribution in [0.5, 0.6) is 0 Å². The number of primary amides is 1. The molecule has 0 bridgehead atoms. The fraction of sp³-hybridized carbons (Fsp3) is 0.368. The number of hydrogen-bond donors (Lipinski definition) is 3. The van der Waals surface area contributed by atoms with Crippen LogP contribution in [-0.2, 0) is 16.3 Å². The Morgan fingerprint density at radius 2 is 1.93 bits per heavy atom. The van der Waals surface area contributed by atoms with E-state index in [4.69, 9.17) is 5.73 Å². The van der Waals surface area contributed by atoms with Crippen LogP contribution in [0.1, 0.15) is 34.5 Å². The van der Waals surface area contributed by atoms with E-state index in [9.17, 15) is 13.2 Å². The lowest BCUT2D eigenvalue weighted by molar-refractivity contribution is 0.100. The topological polar surface area (TPSA) is 114 Å². The zero-order valence-corrected chi connectivity index (χ0v) is 16.1. The van der Waals surface area contributed by atoms with E-state index in [-0.39, 0.29) is 10.9 Å². The van der Waals surface area contributed by atoms with Gasteiger partial charge in [-0.15, -0.1) is 0 Å². The van der Waals surface area contributed by atoms with Crippen molar-refractivity contribution in [3.63, 3.8) is 0 Å². The molecule has 2 heterocycles. The van der Waals surface area contributed by atoms with Crippen LogP contribution in [0, 0.1) is 0 Å². The Morgan fingerprint density at radius 1 is 1.26 bits per heavy atom. The van der Waals surface area contributed by atoms with Crippen molar-refractivity contribution in [2.45, 2.75) is 30.2 Å². The first-order valence-corrected chi connectivity index (χ1v) is 10.8. The van der Waals surface area contributed by atoms with Crippen molar-refractivity contribution in [3.05, 3.63) is 53.3 Å². The molecule has 1 amide bonds. The molecule has 0 saturated carbocycles. The molecule has 0 radical (unpaired) electrons. The molecule has 0 unspecified atom stereocenters. The number of carbonyl (C=O) groups excluding carboxylic acids is 1. The summed E-state index contributed by atoms with van der Waals surface area (Å²) in [5, 5.41) is 6.74. The monoisotopic (exact) mass is 388 g/mol. The summed E-state index contributed by atoms with van der Waals surface area (Å²) < 4.78 is 23.1. The number of sulfone groups is 1. The summed E-state index contributed by atoms with van der Waals surface area (Å²) in [5.74, 6) is -0.511. The Hall–Kier alpha value is -2.45. The van der Waals surface area contributed by atoms with Crippen LogP contribution in [0.4, 0.5) is 5.69 Å². The maximum atomic E-state index is 11.7. The van der Waals surface area contributed by atoms with E-state index in [1.165, 1.54) is 12.5 Å². The zero-order valence-electron chi connectivity index (χ0n) is 15.2. The quantitative estimate of drug-likeness (QED) is 0.688. The maximum absolute atomic E-state index is 11.7. The molecule has 3 rings (SSSR count). The molecule has 144 valence electrons. The van der Waals surface area contributed by atoms with E-state index in [0.717, 1.165) is 37.2 Å². The third-order valence-corrected chi connectivity index (χ3v) is 5.79. The highest BCUT2D eigenvalue weighted by Gasteiger charge is 2.17. The second kappa shape index (κ2) is 8.06. The second-order valence-corrected chi connectivity index (χ2v) is 8.86. The van der Waals surface area contributed by atoms with E-state index in [0.29, 0.717) is 17.7 Å². The molecule has 2 aromatic rings. The number of nitrogens with two attached hydrogens (primary N) is 1. The molecule has 1 aliphatic rings. The van der Waals surface area contributed by atoms with Gasteiger partial charge in [0.15, 0.2) is 9.84 Å². The molecule has 1 saturated heterocycles. The summed E-state index contributed by atoms with van der Waals surface area (Å²) in [4.78, 5) is 16.4. The standard InChI is InChI=1S/C19H24N4O3S/c1-27(25,26)16-4-2-13(3-5-16)10-15-11-18(17(12-22-15)19(20)24)23-14-6-8-21-9-7-14/h2-5,11-12,14,21H,6-10H2,1H3,(H2,20,24)(H,22,23). The molecule has 0 spiro atoms. The van der Waals surface area contributed by atoms with Gasteiger partial charge in [0.1, 0.15) is 0 Å². The third kappa shape index (κ3) is 5.05.